The summed E-state index contributed by atoms with van der Waals surface area (Å²) in [5.74, 6) is -1.94. The molecular formula is C23H29N5O6S. The van der Waals surface area contributed by atoms with E-state index in [2.05, 4.69) is 15.5 Å². The van der Waals surface area contributed by atoms with Crippen molar-refractivity contribution < 1.29 is 28.0 Å². The predicted molar refractivity (Wildman–Crippen MR) is 128 cm³/mol. The van der Waals surface area contributed by atoms with Crippen LogP contribution in [0.25, 0.3) is 0 Å². The summed E-state index contributed by atoms with van der Waals surface area (Å²) in [5, 5.41) is 19.6. The van der Waals surface area contributed by atoms with Gasteiger partial charge in [0.1, 0.15) is 11.4 Å². The molecule has 3 rings (SSSR count). The van der Waals surface area contributed by atoms with Crippen LogP contribution in [0, 0.1) is 12.3 Å². The minimum Gasteiger partial charge on any atom is -0.480 e. The number of amidine groups is 1. The Kier molecular flexibility index (Phi) is 7.90. The van der Waals surface area contributed by atoms with Gasteiger partial charge in [0.15, 0.2) is 0 Å². The second-order valence-corrected chi connectivity index (χ2v) is 10.4. The van der Waals surface area contributed by atoms with Crippen molar-refractivity contribution in [1.82, 2.24) is 15.5 Å². The molecular weight excluding hydrogens is 474 g/mol. The number of aryl methyl sites for hydroxylation is 1. The van der Waals surface area contributed by atoms with Crippen LogP contribution in [0.3, 0.4) is 0 Å². The molecule has 12 heteroatoms. The van der Waals surface area contributed by atoms with Crippen LogP contribution in [0.2, 0.25) is 0 Å². The highest BCUT2D eigenvalue weighted by Gasteiger charge is 2.39. The topological polar surface area (TPSA) is 184 Å². The highest BCUT2D eigenvalue weighted by atomic mass is 32.2. The summed E-state index contributed by atoms with van der Waals surface area (Å²) in [7, 11) is -4.14. The maximum absolute atomic E-state index is 12.7. The molecule has 11 nitrogen and oxygen atoms in total. The molecule has 188 valence electrons. The third-order valence-corrected chi connectivity index (χ3v) is 7.28. The van der Waals surface area contributed by atoms with E-state index in [0.717, 1.165) is 5.56 Å². The molecule has 1 heterocycles. The van der Waals surface area contributed by atoms with E-state index in [0.29, 0.717) is 17.5 Å². The van der Waals surface area contributed by atoms with Crippen molar-refractivity contribution in [2.75, 3.05) is 6.54 Å². The van der Waals surface area contributed by atoms with Gasteiger partial charge in [0.25, 0.3) is 0 Å². The first kappa shape index (κ1) is 26.3. The van der Waals surface area contributed by atoms with Crippen LogP contribution in [0.5, 0.6) is 0 Å². The van der Waals surface area contributed by atoms with Gasteiger partial charge >= 0.3 is 5.97 Å². The van der Waals surface area contributed by atoms with E-state index in [4.69, 9.17) is 16.0 Å². The molecule has 7 N–H and O–H groups in total. The summed E-state index contributed by atoms with van der Waals surface area (Å²) >= 11 is 0. The van der Waals surface area contributed by atoms with Crippen molar-refractivity contribution in [3.8, 4) is 0 Å². The molecule has 35 heavy (non-hydrogen) atoms. The zero-order valence-electron chi connectivity index (χ0n) is 19.4. The first-order valence-corrected chi connectivity index (χ1v) is 12.3. The summed E-state index contributed by atoms with van der Waals surface area (Å²) in [6.45, 7) is 2.46. The molecule has 1 amide bonds. The zero-order chi connectivity index (χ0) is 25.8. The molecule has 2 aromatic carbocycles. The molecule has 3 atom stereocenters. The third kappa shape index (κ3) is 6.63. The standard InChI is InChI=1S/C23H29N5O6S/c1-14-4-3-5-18(10-14)35(32,33)28-23(2,22(30)31)13-26-20(29)12-17-11-19(27-34-17)15-6-8-16(9-7-15)21(24)25/h3-10,17,19,27-28H,11-13H2,1-2H3,(H3,24,25)(H,26,29)(H,30,31)/t17-,19+,23+/m1/s1. The van der Waals surface area contributed by atoms with Gasteiger partial charge in [0.05, 0.1) is 23.5 Å². The number of aliphatic carboxylic acids is 1. The number of carbonyl (C=O) groups excluding carboxylic acids is 1. The van der Waals surface area contributed by atoms with Crippen LogP contribution in [0.1, 0.15) is 42.5 Å². The second-order valence-electron chi connectivity index (χ2n) is 8.72. The number of hydroxylamine groups is 1. The quantitative estimate of drug-likeness (QED) is 0.204. The van der Waals surface area contributed by atoms with Gasteiger partial charge < -0.3 is 16.2 Å². The van der Waals surface area contributed by atoms with Crippen LogP contribution >= 0.6 is 0 Å². The minimum absolute atomic E-state index is 0.0312. The molecule has 0 spiro atoms. The number of carbonyl (C=O) groups is 2. The fourth-order valence-corrected chi connectivity index (χ4v) is 5.08. The van der Waals surface area contributed by atoms with Crippen LogP contribution in [0.15, 0.2) is 53.4 Å². The fraction of sp³-hybridized carbons (Fsp3) is 0.348. The molecule has 0 aliphatic carbocycles. The summed E-state index contributed by atoms with van der Waals surface area (Å²) in [6, 6.07) is 13.0. The number of nitrogen functional groups attached to an aromatic ring is 1. The first-order valence-electron chi connectivity index (χ1n) is 10.9. The number of benzene rings is 2. The third-order valence-electron chi connectivity index (χ3n) is 5.68. The van der Waals surface area contributed by atoms with Crippen molar-refractivity contribution in [2.45, 2.75) is 49.3 Å². The van der Waals surface area contributed by atoms with E-state index in [1.54, 1.807) is 31.2 Å². The maximum Gasteiger partial charge on any atom is 0.326 e. The van der Waals surface area contributed by atoms with Crippen molar-refractivity contribution in [1.29, 1.82) is 5.41 Å². The van der Waals surface area contributed by atoms with Crippen LogP contribution in [0.4, 0.5) is 0 Å². The van der Waals surface area contributed by atoms with E-state index in [1.165, 1.54) is 19.1 Å². The molecule has 0 bridgehead atoms. The average Bonchev–Trinajstić information content (AvgIpc) is 3.26. The number of nitrogens with two attached hydrogens (primary N) is 1. The van der Waals surface area contributed by atoms with E-state index in [9.17, 15) is 23.1 Å². The van der Waals surface area contributed by atoms with Gasteiger partial charge in [-0.1, -0.05) is 36.4 Å². The number of amides is 1. The molecule has 0 unspecified atom stereocenters. The lowest BCUT2D eigenvalue weighted by atomic mass is 9.99. The summed E-state index contributed by atoms with van der Waals surface area (Å²) in [5.41, 5.74) is 8.58. The number of hydrogen-bond donors (Lipinski definition) is 6. The Morgan fingerprint density at radius 2 is 1.94 bits per heavy atom. The summed E-state index contributed by atoms with van der Waals surface area (Å²) in [4.78, 5) is 29.8. The Labute approximate surface area is 203 Å². The lowest BCUT2D eigenvalue weighted by Gasteiger charge is -2.26. The van der Waals surface area contributed by atoms with Crippen LogP contribution < -0.4 is 21.3 Å². The zero-order valence-corrected chi connectivity index (χ0v) is 20.2. The monoisotopic (exact) mass is 503 g/mol. The van der Waals surface area contributed by atoms with Gasteiger partial charge in [-0.3, -0.25) is 19.8 Å². The predicted octanol–water partition coefficient (Wildman–Crippen LogP) is 0.942. The number of rotatable bonds is 10. The fourth-order valence-electron chi connectivity index (χ4n) is 3.61. The van der Waals surface area contributed by atoms with Crippen molar-refractivity contribution in [3.05, 3.63) is 65.2 Å². The largest absolute Gasteiger partial charge is 0.480 e. The maximum atomic E-state index is 12.7. The second kappa shape index (κ2) is 10.5. The molecule has 1 saturated heterocycles. The van der Waals surface area contributed by atoms with E-state index in [-0.39, 0.29) is 23.2 Å². The lowest BCUT2D eigenvalue weighted by molar-refractivity contribution is -0.143. The Hall–Kier alpha value is -3.32. The average molecular weight is 504 g/mol. The van der Waals surface area contributed by atoms with Gasteiger partial charge in [-0.05, 0) is 43.5 Å². The van der Waals surface area contributed by atoms with E-state index in [1.807, 2.05) is 12.1 Å². The van der Waals surface area contributed by atoms with Gasteiger partial charge in [0, 0.05) is 12.1 Å². The van der Waals surface area contributed by atoms with E-state index < -0.39 is 40.1 Å². The van der Waals surface area contributed by atoms with Crippen LogP contribution in [-0.4, -0.2) is 49.4 Å². The number of sulfonamides is 1. The number of nitrogens with one attached hydrogen (secondary N) is 4. The number of carboxylic acids is 1. The van der Waals surface area contributed by atoms with E-state index >= 15 is 0 Å². The van der Waals surface area contributed by atoms with Crippen molar-refractivity contribution >= 4 is 27.7 Å². The normalized spacial score (nSPS) is 19.6. The van der Waals surface area contributed by atoms with Gasteiger partial charge in [-0.25, -0.2) is 8.42 Å². The highest BCUT2D eigenvalue weighted by Crippen LogP contribution is 2.27. The molecule has 0 radical (unpaired) electrons. The molecule has 1 fully saturated rings. The Bertz CT molecular complexity index is 1220. The minimum atomic E-state index is -4.14. The molecule has 1 aliphatic heterocycles. The summed E-state index contributed by atoms with van der Waals surface area (Å²) < 4.78 is 27.6. The SMILES string of the molecule is Cc1cccc(S(=O)(=O)N[C@@](C)(CNC(=O)C[C@H]2C[C@@H](c3ccc(C(=N)N)cc3)NO2)C(=O)O)c1. The Morgan fingerprint density at radius 3 is 2.54 bits per heavy atom. The number of carboxylic acid groups (broad SMARTS) is 1. The summed E-state index contributed by atoms with van der Waals surface area (Å²) in [6.07, 6.45) is -0.0224. The number of hydrogen-bond acceptors (Lipinski definition) is 7. The molecule has 0 saturated carbocycles. The smallest absolute Gasteiger partial charge is 0.326 e. The van der Waals surface area contributed by atoms with Crippen LogP contribution in [-0.2, 0) is 24.4 Å². The first-order chi connectivity index (χ1) is 16.4. The Morgan fingerprint density at radius 1 is 1.26 bits per heavy atom. The van der Waals surface area contributed by atoms with Gasteiger partial charge in [-0.2, -0.15) is 10.2 Å². The van der Waals surface area contributed by atoms with Gasteiger partial charge in [-0.15, -0.1) is 0 Å². The Balaban J connectivity index is 1.57. The molecule has 1 aliphatic rings. The van der Waals surface area contributed by atoms with Crippen molar-refractivity contribution in [3.63, 3.8) is 0 Å². The lowest BCUT2D eigenvalue weighted by Crippen LogP contribution is -2.58. The highest BCUT2D eigenvalue weighted by molar-refractivity contribution is 7.89. The molecule has 2 aromatic rings. The molecule has 0 aromatic heterocycles. The van der Waals surface area contributed by atoms with Crippen molar-refractivity contribution in [2.24, 2.45) is 5.73 Å². The van der Waals surface area contributed by atoms with Gasteiger partial charge in [0.2, 0.25) is 15.9 Å².